The molecule has 1 saturated heterocycles. The van der Waals surface area contributed by atoms with E-state index in [1.807, 2.05) is 0 Å². The highest BCUT2D eigenvalue weighted by atomic mass is 14.9. The first kappa shape index (κ1) is 8.76. The maximum absolute atomic E-state index is 3.40. The summed E-state index contributed by atoms with van der Waals surface area (Å²) in [5.41, 5.74) is 1.52. The van der Waals surface area contributed by atoms with Gasteiger partial charge in [0.1, 0.15) is 0 Å². The Bertz CT molecular complexity index is 242. The zero-order valence-electron chi connectivity index (χ0n) is 8.00. The lowest BCUT2D eigenvalue weighted by Crippen LogP contribution is -2.28. The molecule has 0 bridgehead atoms. The van der Waals surface area contributed by atoms with Crippen LogP contribution in [-0.4, -0.2) is 13.1 Å². The van der Waals surface area contributed by atoms with Crippen molar-refractivity contribution in [1.29, 1.82) is 0 Å². The van der Waals surface area contributed by atoms with Crippen molar-refractivity contribution in [3.8, 4) is 0 Å². The molecule has 0 unspecified atom stereocenters. The highest BCUT2D eigenvalue weighted by molar-refractivity contribution is 5.29. The van der Waals surface area contributed by atoms with Crippen molar-refractivity contribution in [1.82, 2.24) is 5.32 Å². The van der Waals surface area contributed by atoms with Crippen LogP contribution in [0.4, 0.5) is 0 Å². The summed E-state index contributed by atoms with van der Waals surface area (Å²) in [5.74, 6) is 0.792. The van der Waals surface area contributed by atoms with Crippen LogP contribution in [0.2, 0.25) is 0 Å². The molecule has 13 heavy (non-hydrogen) atoms. The lowest BCUT2D eigenvalue weighted by atomic mass is 9.89. The third-order valence-electron chi connectivity index (χ3n) is 2.82. The van der Waals surface area contributed by atoms with E-state index in [1.165, 1.54) is 31.5 Å². The maximum Gasteiger partial charge on any atom is -0.00431 e. The minimum atomic E-state index is 0.792. The largest absolute Gasteiger partial charge is 0.317 e. The third kappa shape index (κ3) is 2.31. The summed E-state index contributed by atoms with van der Waals surface area (Å²) in [6, 6.07) is 0. The zero-order chi connectivity index (χ0) is 8.93. The standard InChI is InChI=1S/C12H17N/c1-2-4-6-11(5-3-1)12-7-9-13-10-8-12/h1,3-6,12-13H,2,7-10H2. The van der Waals surface area contributed by atoms with Crippen molar-refractivity contribution in [3.63, 3.8) is 0 Å². The summed E-state index contributed by atoms with van der Waals surface area (Å²) < 4.78 is 0. The zero-order valence-corrected chi connectivity index (χ0v) is 8.00. The SMILES string of the molecule is C1=CCC=CC(C2CCNCC2)=C1. The Labute approximate surface area is 80.2 Å². The molecule has 1 nitrogen and oxygen atoms in total. The van der Waals surface area contributed by atoms with Crippen LogP contribution in [0.5, 0.6) is 0 Å². The van der Waals surface area contributed by atoms with E-state index in [0.29, 0.717) is 0 Å². The van der Waals surface area contributed by atoms with Crippen molar-refractivity contribution in [3.05, 3.63) is 36.0 Å². The van der Waals surface area contributed by atoms with Crippen LogP contribution in [0.1, 0.15) is 19.3 Å². The Morgan fingerprint density at radius 1 is 1.15 bits per heavy atom. The second-order valence-corrected chi connectivity index (χ2v) is 3.76. The van der Waals surface area contributed by atoms with E-state index in [1.54, 1.807) is 0 Å². The topological polar surface area (TPSA) is 12.0 Å². The summed E-state index contributed by atoms with van der Waals surface area (Å²) in [6.07, 6.45) is 14.9. The molecule has 0 aromatic carbocycles. The van der Waals surface area contributed by atoms with Crippen molar-refractivity contribution in [2.75, 3.05) is 13.1 Å². The maximum atomic E-state index is 3.40. The lowest BCUT2D eigenvalue weighted by Gasteiger charge is -2.23. The molecule has 2 aliphatic rings. The van der Waals surface area contributed by atoms with Gasteiger partial charge in [0.15, 0.2) is 0 Å². The van der Waals surface area contributed by atoms with E-state index in [2.05, 4.69) is 35.7 Å². The Morgan fingerprint density at radius 2 is 2.00 bits per heavy atom. The molecule has 0 saturated carbocycles. The molecule has 70 valence electrons. The molecular weight excluding hydrogens is 158 g/mol. The molecule has 0 atom stereocenters. The Hall–Kier alpha value is -0.820. The molecule has 1 fully saturated rings. The Kier molecular flexibility index (Phi) is 2.98. The average Bonchev–Trinajstić information content (AvgIpc) is 2.47. The van der Waals surface area contributed by atoms with Gasteiger partial charge in [0.2, 0.25) is 0 Å². The van der Waals surface area contributed by atoms with Gasteiger partial charge in [-0.1, -0.05) is 30.4 Å². The van der Waals surface area contributed by atoms with Crippen molar-refractivity contribution < 1.29 is 0 Å². The second kappa shape index (κ2) is 4.43. The summed E-state index contributed by atoms with van der Waals surface area (Å²) in [6.45, 7) is 2.36. The highest BCUT2D eigenvalue weighted by Crippen LogP contribution is 2.23. The van der Waals surface area contributed by atoms with Crippen molar-refractivity contribution in [2.24, 2.45) is 5.92 Å². The number of rotatable bonds is 1. The number of hydrogen-bond acceptors (Lipinski definition) is 1. The fourth-order valence-electron chi connectivity index (χ4n) is 2.02. The first-order valence-corrected chi connectivity index (χ1v) is 5.21. The second-order valence-electron chi connectivity index (χ2n) is 3.76. The molecule has 0 aromatic rings. The minimum Gasteiger partial charge on any atom is -0.317 e. The fourth-order valence-corrected chi connectivity index (χ4v) is 2.02. The molecular formula is C12H17N. The van der Waals surface area contributed by atoms with Gasteiger partial charge in [0.05, 0.1) is 0 Å². The van der Waals surface area contributed by atoms with Crippen LogP contribution in [0, 0.1) is 5.92 Å². The van der Waals surface area contributed by atoms with Crippen LogP contribution < -0.4 is 5.32 Å². The number of allylic oxidation sites excluding steroid dienone is 6. The fraction of sp³-hybridized carbons (Fsp3) is 0.500. The van der Waals surface area contributed by atoms with Gasteiger partial charge in [-0.2, -0.15) is 0 Å². The van der Waals surface area contributed by atoms with Crippen LogP contribution >= 0.6 is 0 Å². The Balaban J connectivity index is 2.05. The van der Waals surface area contributed by atoms with E-state index in [-0.39, 0.29) is 0 Å². The van der Waals surface area contributed by atoms with Gasteiger partial charge in [-0.05, 0) is 43.8 Å². The summed E-state index contributed by atoms with van der Waals surface area (Å²) in [4.78, 5) is 0. The van der Waals surface area contributed by atoms with Crippen LogP contribution in [-0.2, 0) is 0 Å². The monoisotopic (exact) mass is 175 g/mol. The minimum absolute atomic E-state index is 0.792. The summed E-state index contributed by atoms with van der Waals surface area (Å²) in [5, 5.41) is 3.40. The number of nitrogens with one attached hydrogen (secondary N) is 1. The van der Waals surface area contributed by atoms with Gasteiger partial charge >= 0.3 is 0 Å². The van der Waals surface area contributed by atoms with Gasteiger partial charge in [-0.15, -0.1) is 0 Å². The molecule has 1 heteroatoms. The molecule has 2 rings (SSSR count). The van der Waals surface area contributed by atoms with Gasteiger partial charge in [0, 0.05) is 0 Å². The predicted octanol–water partition coefficient (Wildman–Crippen LogP) is 2.43. The van der Waals surface area contributed by atoms with E-state index >= 15 is 0 Å². The predicted molar refractivity (Wildman–Crippen MR) is 56.6 cm³/mol. The molecule has 1 heterocycles. The van der Waals surface area contributed by atoms with E-state index < -0.39 is 0 Å². The third-order valence-corrected chi connectivity index (χ3v) is 2.82. The summed E-state index contributed by atoms with van der Waals surface area (Å²) >= 11 is 0. The molecule has 0 spiro atoms. The molecule has 0 aromatic heterocycles. The molecule has 1 aliphatic carbocycles. The normalized spacial score (nSPS) is 24.2. The van der Waals surface area contributed by atoms with E-state index in [9.17, 15) is 0 Å². The smallest absolute Gasteiger partial charge is 0.00431 e. The first-order valence-electron chi connectivity index (χ1n) is 5.21. The van der Waals surface area contributed by atoms with Gasteiger partial charge in [0.25, 0.3) is 0 Å². The summed E-state index contributed by atoms with van der Waals surface area (Å²) in [7, 11) is 0. The van der Waals surface area contributed by atoms with Gasteiger partial charge in [-0.25, -0.2) is 0 Å². The highest BCUT2D eigenvalue weighted by Gasteiger charge is 2.15. The van der Waals surface area contributed by atoms with Crippen molar-refractivity contribution in [2.45, 2.75) is 19.3 Å². The van der Waals surface area contributed by atoms with Crippen LogP contribution in [0.15, 0.2) is 36.0 Å². The lowest BCUT2D eigenvalue weighted by molar-refractivity contribution is 0.425. The number of hydrogen-bond donors (Lipinski definition) is 1. The molecule has 0 amide bonds. The first-order chi connectivity index (χ1) is 6.47. The average molecular weight is 175 g/mol. The Morgan fingerprint density at radius 3 is 2.85 bits per heavy atom. The molecule has 1 aliphatic heterocycles. The molecule has 0 radical (unpaired) electrons. The van der Waals surface area contributed by atoms with Crippen molar-refractivity contribution >= 4 is 0 Å². The molecule has 1 N–H and O–H groups in total. The van der Waals surface area contributed by atoms with E-state index in [0.717, 1.165) is 12.3 Å². The number of piperidine rings is 1. The van der Waals surface area contributed by atoms with Gasteiger partial charge < -0.3 is 5.32 Å². The van der Waals surface area contributed by atoms with Crippen LogP contribution in [0.25, 0.3) is 0 Å². The van der Waals surface area contributed by atoms with E-state index in [4.69, 9.17) is 0 Å². The van der Waals surface area contributed by atoms with Crippen LogP contribution in [0.3, 0.4) is 0 Å². The quantitative estimate of drug-likeness (QED) is 0.645. The van der Waals surface area contributed by atoms with Gasteiger partial charge in [-0.3, -0.25) is 0 Å².